The fraction of sp³-hybridized carbons (Fsp3) is 0.385. The SMILES string of the molecule is O=C(c1csc(-c2ccco2)n1)N1CCC(O)CC1. The van der Waals surface area contributed by atoms with Crippen LogP contribution in [0.3, 0.4) is 0 Å². The summed E-state index contributed by atoms with van der Waals surface area (Å²) in [5.41, 5.74) is 0.452. The van der Waals surface area contributed by atoms with Crippen LogP contribution in [0.4, 0.5) is 0 Å². The van der Waals surface area contributed by atoms with E-state index in [1.165, 1.54) is 11.3 Å². The van der Waals surface area contributed by atoms with Crippen LogP contribution in [-0.4, -0.2) is 40.1 Å². The van der Waals surface area contributed by atoms with Crippen LogP contribution in [0.2, 0.25) is 0 Å². The Balaban J connectivity index is 1.74. The molecule has 1 aliphatic rings. The molecular formula is C13H14N2O3S. The molecule has 0 spiro atoms. The number of furan rings is 1. The van der Waals surface area contributed by atoms with Gasteiger partial charge in [-0.25, -0.2) is 4.98 Å². The van der Waals surface area contributed by atoms with Crippen molar-refractivity contribution in [2.24, 2.45) is 0 Å². The number of thiazole rings is 1. The Morgan fingerprint density at radius 3 is 2.95 bits per heavy atom. The number of amides is 1. The Labute approximate surface area is 114 Å². The molecule has 6 heteroatoms. The van der Waals surface area contributed by atoms with E-state index < -0.39 is 0 Å². The Morgan fingerprint density at radius 1 is 1.47 bits per heavy atom. The molecule has 3 heterocycles. The summed E-state index contributed by atoms with van der Waals surface area (Å²) in [6, 6.07) is 3.62. The lowest BCUT2D eigenvalue weighted by atomic mass is 10.1. The van der Waals surface area contributed by atoms with Crippen LogP contribution in [0.25, 0.3) is 10.8 Å². The van der Waals surface area contributed by atoms with Crippen LogP contribution in [-0.2, 0) is 0 Å². The van der Waals surface area contributed by atoms with E-state index in [9.17, 15) is 9.90 Å². The lowest BCUT2D eigenvalue weighted by Gasteiger charge is -2.28. The number of aliphatic hydroxyl groups excluding tert-OH is 1. The zero-order valence-electron chi connectivity index (χ0n) is 10.3. The average molecular weight is 278 g/mol. The van der Waals surface area contributed by atoms with Crippen LogP contribution in [0.15, 0.2) is 28.2 Å². The summed E-state index contributed by atoms with van der Waals surface area (Å²) in [5.74, 6) is 0.610. The minimum atomic E-state index is -0.279. The van der Waals surface area contributed by atoms with Crippen molar-refractivity contribution in [3.8, 4) is 10.8 Å². The van der Waals surface area contributed by atoms with Crippen LogP contribution in [0, 0.1) is 0 Å². The first-order valence-corrected chi connectivity index (χ1v) is 7.09. The summed E-state index contributed by atoms with van der Waals surface area (Å²) in [5, 5.41) is 11.9. The van der Waals surface area contributed by atoms with Crippen LogP contribution in [0.1, 0.15) is 23.3 Å². The predicted octanol–water partition coefficient (Wildman–Crippen LogP) is 2.00. The van der Waals surface area contributed by atoms with Crippen molar-refractivity contribution in [2.45, 2.75) is 18.9 Å². The Kier molecular flexibility index (Phi) is 3.35. The van der Waals surface area contributed by atoms with E-state index in [4.69, 9.17) is 4.42 Å². The number of rotatable bonds is 2. The first-order valence-electron chi connectivity index (χ1n) is 6.21. The summed E-state index contributed by atoms with van der Waals surface area (Å²) in [7, 11) is 0. The number of carbonyl (C=O) groups excluding carboxylic acids is 1. The molecule has 19 heavy (non-hydrogen) atoms. The van der Waals surface area contributed by atoms with Crippen molar-refractivity contribution in [3.05, 3.63) is 29.5 Å². The van der Waals surface area contributed by atoms with Crippen LogP contribution >= 0.6 is 11.3 Å². The van der Waals surface area contributed by atoms with Gasteiger partial charge in [0.15, 0.2) is 10.8 Å². The summed E-state index contributed by atoms with van der Waals surface area (Å²) < 4.78 is 5.26. The van der Waals surface area contributed by atoms with Gasteiger partial charge in [-0.2, -0.15) is 0 Å². The quantitative estimate of drug-likeness (QED) is 0.912. The first-order chi connectivity index (χ1) is 9.24. The smallest absolute Gasteiger partial charge is 0.273 e. The minimum absolute atomic E-state index is 0.0686. The van der Waals surface area contributed by atoms with Gasteiger partial charge < -0.3 is 14.4 Å². The molecule has 2 aromatic heterocycles. The maximum Gasteiger partial charge on any atom is 0.273 e. The molecule has 0 aromatic carbocycles. The summed E-state index contributed by atoms with van der Waals surface area (Å²) in [6.07, 6.45) is 2.59. The van der Waals surface area contributed by atoms with Crippen LogP contribution < -0.4 is 0 Å². The van der Waals surface area contributed by atoms with Gasteiger partial charge in [-0.15, -0.1) is 11.3 Å². The maximum absolute atomic E-state index is 12.2. The van der Waals surface area contributed by atoms with Crippen molar-refractivity contribution in [1.82, 2.24) is 9.88 Å². The molecule has 5 nitrogen and oxygen atoms in total. The number of aliphatic hydroxyl groups is 1. The molecule has 100 valence electrons. The summed E-state index contributed by atoms with van der Waals surface area (Å²) in [4.78, 5) is 18.3. The minimum Gasteiger partial charge on any atom is -0.462 e. The van der Waals surface area contributed by atoms with E-state index in [1.54, 1.807) is 22.6 Å². The van der Waals surface area contributed by atoms with E-state index in [0.717, 1.165) is 0 Å². The van der Waals surface area contributed by atoms with Crippen molar-refractivity contribution in [2.75, 3.05) is 13.1 Å². The molecular weight excluding hydrogens is 264 g/mol. The second-order valence-corrected chi connectivity index (χ2v) is 5.40. The van der Waals surface area contributed by atoms with Crippen molar-refractivity contribution in [3.63, 3.8) is 0 Å². The number of carbonyl (C=O) groups is 1. The zero-order valence-corrected chi connectivity index (χ0v) is 11.1. The Morgan fingerprint density at radius 2 is 2.26 bits per heavy atom. The average Bonchev–Trinajstić information content (AvgIpc) is 3.10. The third-order valence-corrected chi connectivity index (χ3v) is 4.06. The van der Waals surface area contributed by atoms with Crippen molar-refractivity contribution in [1.29, 1.82) is 0 Å². The zero-order chi connectivity index (χ0) is 13.2. The molecule has 1 aliphatic heterocycles. The largest absolute Gasteiger partial charge is 0.462 e. The van der Waals surface area contributed by atoms with Gasteiger partial charge in [0.2, 0.25) is 0 Å². The normalized spacial score (nSPS) is 16.8. The maximum atomic E-state index is 12.2. The molecule has 0 radical (unpaired) electrons. The molecule has 1 fully saturated rings. The molecule has 1 saturated heterocycles. The molecule has 2 aromatic rings. The van der Waals surface area contributed by atoms with Crippen molar-refractivity contribution >= 4 is 17.2 Å². The van der Waals surface area contributed by atoms with Gasteiger partial charge in [0, 0.05) is 18.5 Å². The molecule has 3 rings (SSSR count). The van der Waals surface area contributed by atoms with Gasteiger partial charge in [0.05, 0.1) is 12.4 Å². The van der Waals surface area contributed by atoms with Gasteiger partial charge >= 0.3 is 0 Å². The second-order valence-electron chi connectivity index (χ2n) is 4.54. The number of aromatic nitrogens is 1. The Bertz CT molecular complexity index is 556. The second kappa shape index (κ2) is 5.14. The number of likely N-dealkylation sites (tertiary alicyclic amines) is 1. The van der Waals surface area contributed by atoms with E-state index >= 15 is 0 Å². The highest BCUT2D eigenvalue weighted by Gasteiger charge is 2.24. The number of piperidine rings is 1. The molecule has 0 saturated carbocycles. The topological polar surface area (TPSA) is 66.6 Å². The highest BCUT2D eigenvalue weighted by atomic mass is 32.1. The third-order valence-electron chi connectivity index (χ3n) is 3.21. The number of hydrogen-bond acceptors (Lipinski definition) is 5. The van der Waals surface area contributed by atoms with E-state index in [1.807, 2.05) is 6.07 Å². The van der Waals surface area contributed by atoms with Gasteiger partial charge in [-0.3, -0.25) is 4.79 Å². The van der Waals surface area contributed by atoms with E-state index in [2.05, 4.69) is 4.98 Å². The van der Waals surface area contributed by atoms with Crippen LogP contribution in [0.5, 0.6) is 0 Å². The fourth-order valence-corrected chi connectivity index (χ4v) is 2.88. The molecule has 0 atom stereocenters. The van der Waals surface area contributed by atoms with Gasteiger partial charge in [0.1, 0.15) is 5.69 Å². The molecule has 0 unspecified atom stereocenters. The van der Waals surface area contributed by atoms with E-state index in [-0.39, 0.29) is 12.0 Å². The van der Waals surface area contributed by atoms with Gasteiger partial charge in [-0.1, -0.05) is 0 Å². The lowest BCUT2D eigenvalue weighted by Crippen LogP contribution is -2.40. The molecule has 1 amide bonds. The summed E-state index contributed by atoms with van der Waals surface area (Å²) >= 11 is 1.40. The van der Waals surface area contributed by atoms with Gasteiger partial charge in [0.25, 0.3) is 5.91 Å². The standard InChI is InChI=1S/C13H14N2O3S/c16-9-3-5-15(6-4-9)13(17)10-8-19-12(14-10)11-2-1-7-18-11/h1-2,7-9,16H,3-6H2. The first kappa shape index (κ1) is 12.4. The summed E-state index contributed by atoms with van der Waals surface area (Å²) in [6.45, 7) is 1.18. The third kappa shape index (κ3) is 2.54. The van der Waals surface area contributed by atoms with Gasteiger partial charge in [-0.05, 0) is 25.0 Å². The highest BCUT2D eigenvalue weighted by Crippen LogP contribution is 2.25. The van der Waals surface area contributed by atoms with E-state index in [0.29, 0.717) is 42.4 Å². The number of hydrogen-bond donors (Lipinski definition) is 1. The number of nitrogens with zero attached hydrogens (tertiary/aromatic N) is 2. The fourth-order valence-electron chi connectivity index (χ4n) is 2.12. The molecule has 0 aliphatic carbocycles. The van der Waals surface area contributed by atoms with Crippen molar-refractivity contribution < 1.29 is 14.3 Å². The molecule has 0 bridgehead atoms. The highest BCUT2D eigenvalue weighted by molar-refractivity contribution is 7.13. The molecule has 1 N–H and O–H groups in total. The monoisotopic (exact) mass is 278 g/mol. The lowest BCUT2D eigenvalue weighted by molar-refractivity contribution is 0.0542. The Hall–Kier alpha value is -1.66. The predicted molar refractivity (Wildman–Crippen MR) is 71.0 cm³/mol.